The maximum atomic E-state index is 12.2. The molecule has 1 unspecified atom stereocenters. The summed E-state index contributed by atoms with van der Waals surface area (Å²) in [5, 5.41) is 2.93. The van der Waals surface area contributed by atoms with Crippen LogP contribution in [0.4, 0.5) is 0 Å². The molecule has 1 aliphatic rings. The van der Waals surface area contributed by atoms with Crippen molar-refractivity contribution in [2.24, 2.45) is 5.73 Å². The smallest absolute Gasteiger partial charge is 0.237 e. The first-order chi connectivity index (χ1) is 10.2. The summed E-state index contributed by atoms with van der Waals surface area (Å²) in [6, 6.07) is 3.57. The summed E-state index contributed by atoms with van der Waals surface area (Å²) < 4.78 is 5.22. The van der Waals surface area contributed by atoms with Crippen molar-refractivity contribution in [2.75, 3.05) is 39.3 Å². The molecule has 2 heterocycles. The first-order valence-electron chi connectivity index (χ1n) is 7.67. The fraction of sp³-hybridized carbons (Fsp3) is 0.667. The molecule has 6 nitrogen and oxygen atoms in total. The van der Waals surface area contributed by atoms with Gasteiger partial charge in [0, 0.05) is 32.7 Å². The van der Waals surface area contributed by atoms with Crippen LogP contribution in [0.2, 0.25) is 0 Å². The number of carbonyl (C=O) groups excluding carboxylic acids is 1. The third kappa shape index (κ3) is 4.84. The van der Waals surface area contributed by atoms with Crippen molar-refractivity contribution in [3.63, 3.8) is 0 Å². The maximum Gasteiger partial charge on any atom is 0.237 e. The van der Waals surface area contributed by atoms with Crippen LogP contribution in [-0.2, 0) is 11.3 Å². The number of nitrogens with two attached hydrogens (primary N) is 1. The zero-order valence-corrected chi connectivity index (χ0v) is 12.8. The second-order valence-electron chi connectivity index (χ2n) is 5.49. The van der Waals surface area contributed by atoms with E-state index in [2.05, 4.69) is 15.1 Å². The molecule has 1 atom stereocenters. The Morgan fingerprint density at radius 2 is 2.29 bits per heavy atom. The average Bonchev–Trinajstić information content (AvgIpc) is 2.90. The lowest BCUT2D eigenvalue weighted by molar-refractivity contribution is -0.126. The highest BCUT2D eigenvalue weighted by Crippen LogP contribution is 2.07. The number of carbonyl (C=O) groups is 1. The molecule has 1 amide bonds. The van der Waals surface area contributed by atoms with Crippen molar-refractivity contribution in [3.05, 3.63) is 24.2 Å². The van der Waals surface area contributed by atoms with Crippen LogP contribution in [-0.4, -0.2) is 61.0 Å². The first kappa shape index (κ1) is 16.0. The molecule has 1 saturated heterocycles. The third-order valence-electron chi connectivity index (χ3n) is 4.01. The number of hydrogen-bond acceptors (Lipinski definition) is 5. The van der Waals surface area contributed by atoms with Crippen LogP contribution < -0.4 is 11.1 Å². The summed E-state index contributed by atoms with van der Waals surface area (Å²) in [7, 11) is 0. The van der Waals surface area contributed by atoms with E-state index in [1.165, 1.54) is 0 Å². The summed E-state index contributed by atoms with van der Waals surface area (Å²) >= 11 is 0. The highest BCUT2D eigenvalue weighted by atomic mass is 16.3. The van der Waals surface area contributed by atoms with Crippen molar-refractivity contribution < 1.29 is 9.21 Å². The molecule has 2 rings (SSSR count). The van der Waals surface area contributed by atoms with E-state index in [1.807, 2.05) is 19.1 Å². The SMILES string of the molecule is CC(C(=O)NCc1ccco1)N1CCCN(CCN)CC1. The Morgan fingerprint density at radius 1 is 1.43 bits per heavy atom. The van der Waals surface area contributed by atoms with Gasteiger partial charge in [0.2, 0.25) is 5.91 Å². The van der Waals surface area contributed by atoms with Crippen molar-refractivity contribution in [2.45, 2.75) is 25.9 Å². The minimum Gasteiger partial charge on any atom is -0.467 e. The zero-order valence-electron chi connectivity index (χ0n) is 12.8. The van der Waals surface area contributed by atoms with Gasteiger partial charge in [-0.25, -0.2) is 0 Å². The van der Waals surface area contributed by atoms with Gasteiger partial charge in [0.15, 0.2) is 0 Å². The Morgan fingerprint density at radius 3 is 3.00 bits per heavy atom. The van der Waals surface area contributed by atoms with Crippen LogP contribution in [0.3, 0.4) is 0 Å². The van der Waals surface area contributed by atoms with Gasteiger partial charge in [0.1, 0.15) is 5.76 Å². The molecule has 21 heavy (non-hydrogen) atoms. The molecular weight excluding hydrogens is 268 g/mol. The number of amides is 1. The number of rotatable bonds is 6. The third-order valence-corrected chi connectivity index (χ3v) is 4.01. The number of nitrogens with one attached hydrogen (secondary N) is 1. The molecule has 0 spiro atoms. The molecule has 1 fully saturated rings. The molecule has 0 aromatic carbocycles. The molecule has 118 valence electrons. The molecule has 0 saturated carbocycles. The summed E-state index contributed by atoms with van der Waals surface area (Å²) in [6.45, 7) is 7.96. The van der Waals surface area contributed by atoms with Crippen LogP contribution in [0, 0.1) is 0 Å². The first-order valence-corrected chi connectivity index (χ1v) is 7.67. The number of nitrogens with zero attached hydrogens (tertiary/aromatic N) is 2. The van der Waals surface area contributed by atoms with Crippen molar-refractivity contribution in [1.29, 1.82) is 0 Å². The van der Waals surface area contributed by atoms with Gasteiger partial charge in [0.25, 0.3) is 0 Å². The summed E-state index contributed by atoms with van der Waals surface area (Å²) in [5.41, 5.74) is 5.61. The van der Waals surface area contributed by atoms with Crippen molar-refractivity contribution in [1.82, 2.24) is 15.1 Å². The van der Waals surface area contributed by atoms with Crippen LogP contribution in [0.25, 0.3) is 0 Å². The normalized spacial score (nSPS) is 19.1. The van der Waals surface area contributed by atoms with E-state index in [0.29, 0.717) is 13.1 Å². The Bertz CT molecular complexity index is 421. The van der Waals surface area contributed by atoms with E-state index < -0.39 is 0 Å². The standard InChI is InChI=1S/C15H26N4O2/c1-13(15(20)17-12-14-4-2-11-21-14)19-7-3-6-18(8-5-16)9-10-19/h2,4,11,13H,3,5-10,12,16H2,1H3,(H,17,20). The van der Waals surface area contributed by atoms with Crippen molar-refractivity contribution >= 4 is 5.91 Å². The van der Waals surface area contributed by atoms with E-state index in [0.717, 1.165) is 44.9 Å². The summed E-state index contributed by atoms with van der Waals surface area (Å²) in [4.78, 5) is 16.8. The molecule has 6 heteroatoms. The van der Waals surface area contributed by atoms with E-state index >= 15 is 0 Å². The lowest BCUT2D eigenvalue weighted by Crippen LogP contribution is -2.46. The highest BCUT2D eigenvalue weighted by molar-refractivity contribution is 5.81. The molecule has 1 aromatic rings. The van der Waals surface area contributed by atoms with Crippen LogP contribution in [0.5, 0.6) is 0 Å². The molecule has 0 radical (unpaired) electrons. The van der Waals surface area contributed by atoms with Gasteiger partial charge < -0.3 is 20.4 Å². The van der Waals surface area contributed by atoms with Gasteiger partial charge in [-0.15, -0.1) is 0 Å². The topological polar surface area (TPSA) is 74.7 Å². The minimum absolute atomic E-state index is 0.0543. The van der Waals surface area contributed by atoms with E-state index in [-0.39, 0.29) is 11.9 Å². The number of hydrogen-bond donors (Lipinski definition) is 2. The van der Waals surface area contributed by atoms with Gasteiger partial charge in [-0.05, 0) is 32.0 Å². The lowest BCUT2D eigenvalue weighted by atomic mass is 10.2. The summed E-state index contributed by atoms with van der Waals surface area (Å²) in [6.07, 6.45) is 2.70. The van der Waals surface area contributed by atoms with Gasteiger partial charge in [-0.3, -0.25) is 9.69 Å². The Labute approximate surface area is 126 Å². The molecule has 1 aromatic heterocycles. The van der Waals surface area contributed by atoms with Crippen molar-refractivity contribution in [3.8, 4) is 0 Å². The average molecular weight is 294 g/mol. The van der Waals surface area contributed by atoms with Gasteiger partial charge >= 0.3 is 0 Å². The highest BCUT2D eigenvalue weighted by Gasteiger charge is 2.23. The van der Waals surface area contributed by atoms with Crippen LogP contribution >= 0.6 is 0 Å². The minimum atomic E-state index is -0.113. The predicted octanol–water partition coefficient (Wildman–Crippen LogP) is 0.251. The second-order valence-corrected chi connectivity index (χ2v) is 5.49. The quantitative estimate of drug-likeness (QED) is 0.787. The van der Waals surface area contributed by atoms with Crippen LogP contribution in [0.15, 0.2) is 22.8 Å². The fourth-order valence-electron chi connectivity index (χ4n) is 2.69. The predicted molar refractivity (Wildman–Crippen MR) is 81.7 cm³/mol. The second kappa shape index (κ2) is 8.17. The van der Waals surface area contributed by atoms with E-state index in [4.69, 9.17) is 10.2 Å². The summed E-state index contributed by atoms with van der Waals surface area (Å²) in [5.74, 6) is 0.833. The Hall–Kier alpha value is -1.37. The fourth-order valence-corrected chi connectivity index (χ4v) is 2.69. The maximum absolute atomic E-state index is 12.2. The van der Waals surface area contributed by atoms with Gasteiger partial charge in [-0.2, -0.15) is 0 Å². The zero-order chi connectivity index (χ0) is 15.1. The van der Waals surface area contributed by atoms with E-state index in [1.54, 1.807) is 6.26 Å². The molecular formula is C15H26N4O2. The monoisotopic (exact) mass is 294 g/mol. The molecule has 0 aliphatic carbocycles. The Balaban J connectivity index is 1.78. The molecule has 1 aliphatic heterocycles. The largest absolute Gasteiger partial charge is 0.467 e. The van der Waals surface area contributed by atoms with E-state index in [9.17, 15) is 4.79 Å². The van der Waals surface area contributed by atoms with Gasteiger partial charge in [-0.1, -0.05) is 0 Å². The Kier molecular flexibility index (Phi) is 6.22. The van der Waals surface area contributed by atoms with Gasteiger partial charge in [0.05, 0.1) is 18.8 Å². The van der Waals surface area contributed by atoms with Crippen LogP contribution in [0.1, 0.15) is 19.1 Å². The number of furan rings is 1. The molecule has 3 N–H and O–H groups in total. The molecule has 0 bridgehead atoms. The lowest BCUT2D eigenvalue weighted by Gasteiger charge is -2.26.